The standard InChI is InChI=1S/C13H19OP/c1-10(2)15(11(3)4)13(14)12-8-6-5-7-9-12/h5-11H,1-4H3. The average molecular weight is 222 g/mol. The molecule has 0 saturated heterocycles. The topological polar surface area (TPSA) is 17.1 Å². The Kier molecular flexibility index (Phi) is 4.47. The second-order valence-corrected chi connectivity index (χ2v) is 7.55. The van der Waals surface area contributed by atoms with Crippen LogP contribution in [-0.4, -0.2) is 16.8 Å². The van der Waals surface area contributed by atoms with Gasteiger partial charge in [-0.05, 0) is 19.2 Å². The quantitative estimate of drug-likeness (QED) is 0.700. The molecule has 2 heteroatoms. The van der Waals surface area contributed by atoms with Gasteiger partial charge in [0.25, 0.3) is 0 Å². The van der Waals surface area contributed by atoms with E-state index >= 15 is 0 Å². The van der Waals surface area contributed by atoms with Crippen molar-refractivity contribution in [3.05, 3.63) is 35.9 Å². The normalized spacial score (nSPS) is 11.4. The minimum Gasteiger partial charge on any atom is -0.289 e. The van der Waals surface area contributed by atoms with Gasteiger partial charge in [-0.25, -0.2) is 0 Å². The molecule has 0 aliphatic rings. The third kappa shape index (κ3) is 3.14. The molecule has 0 spiro atoms. The third-order valence-corrected chi connectivity index (χ3v) is 5.32. The number of benzene rings is 1. The van der Waals surface area contributed by atoms with Crippen molar-refractivity contribution in [2.45, 2.75) is 39.0 Å². The van der Waals surface area contributed by atoms with Crippen molar-refractivity contribution >= 4 is 13.4 Å². The second-order valence-electron chi connectivity index (χ2n) is 4.27. The Morgan fingerprint density at radius 1 is 1.00 bits per heavy atom. The van der Waals surface area contributed by atoms with Gasteiger partial charge in [0.05, 0.1) is 0 Å². The Morgan fingerprint density at radius 3 is 1.87 bits per heavy atom. The summed E-state index contributed by atoms with van der Waals surface area (Å²) in [5, 5.41) is 0. The van der Waals surface area contributed by atoms with Crippen LogP contribution in [0, 0.1) is 0 Å². The van der Waals surface area contributed by atoms with E-state index in [1.807, 2.05) is 30.3 Å². The zero-order chi connectivity index (χ0) is 11.4. The van der Waals surface area contributed by atoms with E-state index in [4.69, 9.17) is 0 Å². The van der Waals surface area contributed by atoms with Gasteiger partial charge in [0.15, 0.2) is 5.52 Å². The molecule has 0 amide bonds. The summed E-state index contributed by atoms with van der Waals surface area (Å²) in [6.45, 7) is 8.58. The molecule has 1 rings (SSSR count). The average Bonchev–Trinajstić information content (AvgIpc) is 2.18. The van der Waals surface area contributed by atoms with E-state index in [0.717, 1.165) is 5.56 Å². The van der Waals surface area contributed by atoms with E-state index in [1.165, 1.54) is 0 Å². The van der Waals surface area contributed by atoms with Crippen molar-refractivity contribution in [2.75, 3.05) is 0 Å². The second kappa shape index (κ2) is 5.42. The highest BCUT2D eigenvalue weighted by Gasteiger charge is 2.25. The smallest absolute Gasteiger partial charge is 0.184 e. The first-order chi connectivity index (χ1) is 7.04. The highest BCUT2D eigenvalue weighted by atomic mass is 31.1. The van der Waals surface area contributed by atoms with Gasteiger partial charge in [-0.15, -0.1) is 0 Å². The van der Waals surface area contributed by atoms with Gasteiger partial charge >= 0.3 is 0 Å². The molecular weight excluding hydrogens is 203 g/mol. The molecule has 1 aromatic rings. The maximum Gasteiger partial charge on any atom is 0.184 e. The zero-order valence-electron chi connectivity index (χ0n) is 9.90. The summed E-state index contributed by atoms with van der Waals surface area (Å²) in [4.78, 5) is 12.3. The monoisotopic (exact) mass is 222 g/mol. The van der Waals surface area contributed by atoms with Crippen molar-refractivity contribution in [3.63, 3.8) is 0 Å². The minimum atomic E-state index is -0.555. The van der Waals surface area contributed by atoms with E-state index < -0.39 is 7.92 Å². The van der Waals surface area contributed by atoms with Crippen LogP contribution in [0.25, 0.3) is 0 Å². The number of hydrogen-bond donors (Lipinski definition) is 0. The maximum absolute atomic E-state index is 12.3. The summed E-state index contributed by atoms with van der Waals surface area (Å²) in [5.41, 5.74) is 2.14. The van der Waals surface area contributed by atoms with E-state index in [1.54, 1.807) is 0 Å². The van der Waals surface area contributed by atoms with Crippen LogP contribution in [0.4, 0.5) is 0 Å². The highest BCUT2D eigenvalue weighted by molar-refractivity contribution is 7.76. The van der Waals surface area contributed by atoms with Crippen LogP contribution < -0.4 is 0 Å². The molecule has 0 atom stereocenters. The fourth-order valence-corrected chi connectivity index (χ4v) is 4.37. The Balaban J connectivity index is 2.92. The first-order valence-corrected chi connectivity index (χ1v) is 6.89. The van der Waals surface area contributed by atoms with Gasteiger partial charge in [-0.1, -0.05) is 58.0 Å². The summed E-state index contributed by atoms with van der Waals surface area (Å²) in [5.74, 6) is 0. The minimum absolute atomic E-state index is 0.343. The molecule has 15 heavy (non-hydrogen) atoms. The molecule has 0 saturated carbocycles. The zero-order valence-corrected chi connectivity index (χ0v) is 10.8. The van der Waals surface area contributed by atoms with Crippen molar-refractivity contribution in [1.29, 1.82) is 0 Å². The lowest BCUT2D eigenvalue weighted by molar-refractivity contribution is 0.108. The molecule has 1 aromatic carbocycles. The Bertz CT molecular complexity index is 309. The molecule has 0 aliphatic heterocycles. The van der Waals surface area contributed by atoms with Crippen molar-refractivity contribution in [2.24, 2.45) is 0 Å². The SMILES string of the molecule is CC(C)P(C(=O)c1ccccc1)C(C)C. The van der Waals surface area contributed by atoms with E-state index in [-0.39, 0.29) is 0 Å². The fraction of sp³-hybridized carbons (Fsp3) is 0.462. The Morgan fingerprint density at radius 2 is 1.47 bits per heavy atom. The highest BCUT2D eigenvalue weighted by Crippen LogP contribution is 2.48. The van der Waals surface area contributed by atoms with Crippen LogP contribution in [0.2, 0.25) is 0 Å². The van der Waals surface area contributed by atoms with Crippen LogP contribution in [0.3, 0.4) is 0 Å². The molecule has 0 N–H and O–H groups in total. The summed E-state index contributed by atoms with van der Waals surface area (Å²) >= 11 is 0. The Labute approximate surface area is 93.6 Å². The van der Waals surface area contributed by atoms with Gasteiger partial charge in [-0.3, -0.25) is 4.79 Å². The molecule has 0 aliphatic carbocycles. The van der Waals surface area contributed by atoms with Crippen LogP contribution in [0.15, 0.2) is 30.3 Å². The van der Waals surface area contributed by atoms with Crippen LogP contribution in [0.1, 0.15) is 38.1 Å². The predicted molar refractivity (Wildman–Crippen MR) is 68.0 cm³/mol. The lowest BCUT2D eigenvalue weighted by Crippen LogP contribution is -2.12. The van der Waals surface area contributed by atoms with Crippen molar-refractivity contribution in [3.8, 4) is 0 Å². The van der Waals surface area contributed by atoms with Crippen LogP contribution >= 0.6 is 7.92 Å². The maximum atomic E-state index is 12.3. The molecule has 0 bridgehead atoms. The van der Waals surface area contributed by atoms with E-state index in [0.29, 0.717) is 16.8 Å². The molecule has 1 nitrogen and oxygen atoms in total. The lowest BCUT2D eigenvalue weighted by atomic mass is 10.2. The molecule has 0 aromatic heterocycles. The third-order valence-electron chi connectivity index (χ3n) is 2.37. The lowest BCUT2D eigenvalue weighted by Gasteiger charge is -2.23. The number of hydrogen-bond acceptors (Lipinski definition) is 1. The largest absolute Gasteiger partial charge is 0.289 e. The van der Waals surface area contributed by atoms with Crippen LogP contribution in [0.5, 0.6) is 0 Å². The van der Waals surface area contributed by atoms with Gasteiger partial charge in [0, 0.05) is 5.56 Å². The van der Waals surface area contributed by atoms with Crippen molar-refractivity contribution in [1.82, 2.24) is 0 Å². The van der Waals surface area contributed by atoms with Gasteiger partial charge in [-0.2, -0.15) is 0 Å². The summed E-state index contributed by atoms with van der Waals surface area (Å²) in [7, 11) is -0.555. The summed E-state index contributed by atoms with van der Waals surface area (Å²) in [6.07, 6.45) is 0. The number of carbonyl (C=O) groups is 1. The van der Waals surface area contributed by atoms with Crippen LogP contribution in [-0.2, 0) is 0 Å². The molecule has 0 radical (unpaired) electrons. The first kappa shape index (κ1) is 12.4. The van der Waals surface area contributed by atoms with Gasteiger partial charge < -0.3 is 0 Å². The fourth-order valence-electron chi connectivity index (χ4n) is 1.80. The molecule has 0 fully saturated rings. The summed E-state index contributed by atoms with van der Waals surface area (Å²) in [6, 6.07) is 9.65. The summed E-state index contributed by atoms with van der Waals surface area (Å²) < 4.78 is 0. The number of carbonyl (C=O) groups excluding carboxylic acids is 1. The molecule has 0 unspecified atom stereocenters. The van der Waals surface area contributed by atoms with E-state index in [9.17, 15) is 4.79 Å². The molecule has 0 heterocycles. The Hall–Kier alpha value is -0.680. The first-order valence-electron chi connectivity index (χ1n) is 5.41. The predicted octanol–water partition coefficient (Wildman–Crippen LogP) is 4.13. The van der Waals surface area contributed by atoms with Gasteiger partial charge in [0.2, 0.25) is 0 Å². The number of rotatable bonds is 4. The van der Waals surface area contributed by atoms with Crippen molar-refractivity contribution < 1.29 is 4.79 Å². The van der Waals surface area contributed by atoms with Gasteiger partial charge in [0.1, 0.15) is 0 Å². The molecule has 82 valence electrons. The van der Waals surface area contributed by atoms with E-state index in [2.05, 4.69) is 27.7 Å². The molecular formula is C13H19OP.